The molecule has 2 heterocycles. The first-order valence-corrected chi connectivity index (χ1v) is 5.74. The summed E-state index contributed by atoms with van der Waals surface area (Å²) in [6.45, 7) is 1.83. The van der Waals surface area contributed by atoms with Gasteiger partial charge in [-0.3, -0.25) is 4.79 Å². The topological polar surface area (TPSA) is 25.2 Å². The van der Waals surface area contributed by atoms with Crippen molar-refractivity contribution in [3.8, 4) is 0 Å². The molecule has 0 radical (unpaired) electrons. The van der Waals surface area contributed by atoms with Crippen LogP contribution in [-0.4, -0.2) is 29.0 Å². The van der Waals surface area contributed by atoms with Gasteiger partial charge in [0.1, 0.15) is 5.69 Å². The molecule has 3 heteroatoms. The van der Waals surface area contributed by atoms with E-state index in [2.05, 4.69) is 10.6 Å². The summed E-state index contributed by atoms with van der Waals surface area (Å²) in [5.41, 5.74) is 3.76. The largest absolute Gasteiger partial charge is 0.339 e. The highest BCUT2D eigenvalue weighted by atomic mass is 16.2. The fourth-order valence-corrected chi connectivity index (χ4v) is 2.74. The lowest BCUT2D eigenvalue weighted by Crippen LogP contribution is -2.37. The van der Waals surface area contributed by atoms with Crippen LogP contribution < -0.4 is 0 Å². The Balaban J connectivity index is 2.12. The number of rotatable bonds is 0. The maximum Gasteiger partial charge on any atom is 0.270 e. The van der Waals surface area contributed by atoms with E-state index in [0.717, 1.165) is 31.6 Å². The van der Waals surface area contributed by atoms with E-state index in [1.807, 2.05) is 11.9 Å². The van der Waals surface area contributed by atoms with E-state index in [4.69, 9.17) is 0 Å². The van der Waals surface area contributed by atoms with Gasteiger partial charge in [0.15, 0.2) is 0 Å². The molecule has 15 heavy (non-hydrogen) atoms. The van der Waals surface area contributed by atoms with Crippen LogP contribution in [0.4, 0.5) is 0 Å². The highest BCUT2D eigenvalue weighted by molar-refractivity contribution is 5.93. The van der Waals surface area contributed by atoms with E-state index in [1.165, 1.54) is 24.1 Å². The zero-order valence-corrected chi connectivity index (χ0v) is 9.12. The number of aromatic nitrogens is 1. The monoisotopic (exact) mass is 204 g/mol. The highest BCUT2D eigenvalue weighted by Gasteiger charge is 2.26. The molecular weight excluding hydrogens is 188 g/mol. The molecule has 1 amide bonds. The molecule has 0 bridgehead atoms. The summed E-state index contributed by atoms with van der Waals surface area (Å²) < 4.78 is 2.25. The zero-order chi connectivity index (χ0) is 10.4. The number of aryl methyl sites for hydroxylation is 1. The Labute approximate surface area is 89.7 Å². The van der Waals surface area contributed by atoms with Gasteiger partial charge in [-0.05, 0) is 37.3 Å². The average Bonchev–Trinajstić information content (AvgIpc) is 2.63. The van der Waals surface area contributed by atoms with Gasteiger partial charge in [-0.1, -0.05) is 0 Å². The molecular formula is C12H16N2O. The van der Waals surface area contributed by atoms with Crippen LogP contribution in [0, 0.1) is 0 Å². The van der Waals surface area contributed by atoms with Crippen LogP contribution in [-0.2, 0) is 19.4 Å². The van der Waals surface area contributed by atoms with Gasteiger partial charge >= 0.3 is 0 Å². The lowest BCUT2D eigenvalue weighted by atomic mass is 9.98. The lowest BCUT2D eigenvalue weighted by Gasteiger charge is -2.26. The third-order valence-electron chi connectivity index (χ3n) is 3.63. The fraction of sp³-hybridized carbons (Fsp3) is 0.583. The number of likely N-dealkylation sites (N-methyl/N-ethyl adjacent to an activating group) is 1. The van der Waals surface area contributed by atoms with E-state index in [9.17, 15) is 4.79 Å². The number of carbonyl (C=O) groups is 1. The first kappa shape index (κ1) is 9.01. The van der Waals surface area contributed by atoms with E-state index >= 15 is 0 Å². The van der Waals surface area contributed by atoms with E-state index < -0.39 is 0 Å². The molecule has 1 aromatic rings. The first-order chi connectivity index (χ1) is 7.27. The number of fused-ring (bicyclic) bond motifs is 3. The lowest BCUT2D eigenvalue weighted by molar-refractivity contribution is 0.0748. The molecule has 0 saturated heterocycles. The maximum atomic E-state index is 11.9. The van der Waals surface area contributed by atoms with Crippen molar-refractivity contribution in [2.24, 2.45) is 0 Å². The summed E-state index contributed by atoms with van der Waals surface area (Å²) in [5, 5.41) is 0. The third-order valence-corrected chi connectivity index (χ3v) is 3.63. The summed E-state index contributed by atoms with van der Waals surface area (Å²) in [5.74, 6) is 0.190. The Bertz CT molecular complexity index is 420. The molecule has 80 valence electrons. The smallest absolute Gasteiger partial charge is 0.270 e. The number of hydrogen-bond acceptors (Lipinski definition) is 1. The molecule has 0 saturated carbocycles. The maximum absolute atomic E-state index is 11.9. The van der Waals surface area contributed by atoms with E-state index in [1.54, 1.807) is 0 Å². The second-order valence-electron chi connectivity index (χ2n) is 4.59. The normalized spacial score (nSPS) is 20.1. The van der Waals surface area contributed by atoms with Crippen LogP contribution >= 0.6 is 0 Å². The Morgan fingerprint density at radius 2 is 2.00 bits per heavy atom. The van der Waals surface area contributed by atoms with Crippen molar-refractivity contribution < 1.29 is 4.79 Å². The summed E-state index contributed by atoms with van der Waals surface area (Å²) in [6.07, 6.45) is 4.87. The fourth-order valence-electron chi connectivity index (χ4n) is 2.74. The van der Waals surface area contributed by atoms with Crippen LogP contribution in [0.15, 0.2) is 6.07 Å². The molecule has 1 aromatic heterocycles. The van der Waals surface area contributed by atoms with Gasteiger partial charge in [0.2, 0.25) is 0 Å². The predicted octanol–water partition coefficient (Wildman–Crippen LogP) is 1.45. The second-order valence-corrected chi connectivity index (χ2v) is 4.59. The third kappa shape index (κ3) is 1.22. The van der Waals surface area contributed by atoms with Gasteiger partial charge in [-0.15, -0.1) is 0 Å². The van der Waals surface area contributed by atoms with Gasteiger partial charge in [0.05, 0.1) is 0 Å². The highest BCUT2D eigenvalue weighted by Crippen LogP contribution is 2.27. The minimum absolute atomic E-state index is 0.190. The standard InChI is InChI=1S/C12H16N2O/c1-13-6-7-14-10-5-3-2-4-9(10)8-11(14)12(13)15/h8H,2-7H2,1H3. The van der Waals surface area contributed by atoms with Crippen LogP contribution in [0.5, 0.6) is 0 Å². The van der Waals surface area contributed by atoms with Gasteiger partial charge < -0.3 is 9.47 Å². The Morgan fingerprint density at radius 3 is 2.87 bits per heavy atom. The molecule has 3 nitrogen and oxygen atoms in total. The zero-order valence-electron chi connectivity index (χ0n) is 9.12. The quantitative estimate of drug-likeness (QED) is 0.628. The van der Waals surface area contributed by atoms with E-state index in [0.29, 0.717) is 0 Å². The van der Waals surface area contributed by atoms with Crippen molar-refractivity contribution in [1.29, 1.82) is 0 Å². The number of carbonyl (C=O) groups excluding carboxylic acids is 1. The summed E-state index contributed by atoms with van der Waals surface area (Å²) in [7, 11) is 1.89. The Hall–Kier alpha value is -1.25. The summed E-state index contributed by atoms with van der Waals surface area (Å²) >= 11 is 0. The van der Waals surface area contributed by atoms with Crippen molar-refractivity contribution in [2.45, 2.75) is 32.2 Å². The van der Waals surface area contributed by atoms with Gasteiger partial charge in [-0.2, -0.15) is 0 Å². The predicted molar refractivity (Wildman–Crippen MR) is 58.0 cm³/mol. The Kier molecular flexibility index (Phi) is 1.87. The summed E-state index contributed by atoms with van der Waals surface area (Å²) in [6, 6.07) is 2.12. The Morgan fingerprint density at radius 1 is 1.20 bits per heavy atom. The number of hydrogen-bond donors (Lipinski definition) is 0. The molecule has 0 aromatic carbocycles. The minimum Gasteiger partial charge on any atom is -0.339 e. The number of amides is 1. The first-order valence-electron chi connectivity index (χ1n) is 5.74. The number of nitrogens with zero attached hydrogens (tertiary/aromatic N) is 2. The van der Waals surface area contributed by atoms with Crippen molar-refractivity contribution in [3.63, 3.8) is 0 Å². The van der Waals surface area contributed by atoms with Crippen LogP contribution in [0.1, 0.15) is 34.6 Å². The molecule has 1 aliphatic carbocycles. The van der Waals surface area contributed by atoms with Gasteiger partial charge in [0.25, 0.3) is 5.91 Å². The van der Waals surface area contributed by atoms with Gasteiger partial charge in [-0.25, -0.2) is 0 Å². The average molecular weight is 204 g/mol. The molecule has 3 rings (SSSR count). The minimum atomic E-state index is 0.190. The molecule has 2 aliphatic rings. The van der Waals surface area contributed by atoms with Crippen molar-refractivity contribution in [3.05, 3.63) is 23.0 Å². The van der Waals surface area contributed by atoms with Crippen molar-refractivity contribution >= 4 is 5.91 Å². The molecule has 1 aliphatic heterocycles. The van der Waals surface area contributed by atoms with Gasteiger partial charge in [0, 0.05) is 25.8 Å². The summed E-state index contributed by atoms with van der Waals surface area (Å²) in [4.78, 5) is 13.8. The van der Waals surface area contributed by atoms with Crippen LogP contribution in [0.2, 0.25) is 0 Å². The SMILES string of the molecule is CN1CCn2c(cc3c2CCCC3)C1=O. The molecule has 0 N–H and O–H groups in total. The van der Waals surface area contributed by atoms with Crippen LogP contribution in [0.3, 0.4) is 0 Å². The molecule has 0 atom stereocenters. The van der Waals surface area contributed by atoms with Crippen molar-refractivity contribution in [1.82, 2.24) is 9.47 Å². The molecule has 0 spiro atoms. The van der Waals surface area contributed by atoms with Crippen LogP contribution in [0.25, 0.3) is 0 Å². The molecule has 0 fully saturated rings. The van der Waals surface area contributed by atoms with E-state index in [-0.39, 0.29) is 5.91 Å². The second kappa shape index (κ2) is 3.12. The molecule has 0 unspecified atom stereocenters. The van der Waals surface area contributed by atoms with Crippen molar-refractivity contribution in [2.75, 3.05) is 13.6 Å².